The SMILES string of the molecule is CC1(C)OCCC1CCO. The van der Waals surface area contributed by atoms with Crippen LogP contribution in [0.1, 0.15) is 26.7 Å². The number of hydrogen-bond donors (Lipinski definition) is 1. The van der Waals surface area contributed by atoms with E-state index in [0.717, 1.165) is 19.4 Å². The lowest BCUT2D eigenvalue weighted by Crippen LogP contribution is -2.27. The van der Waals surface area contributed by atoms with E-state index in [9.17, 15) is 0 Å². The second-order valence-electron chi connectivity index (χ2n) is 3.45. The van der Waals surface area contributed by atoms with Crippen LogP contribution in [0, 0.1) is 5.92 Å². The van der Waals surface area contributed by atoms with Crippen LogP contribution in [-0.4, -0.2) is 23.9 Å². The van der Waals surface area contributed by atoms with Gasteiger partial charge < -0.3 is 9.84 Å². The van der Waals surface area contributed by atoms with Crippen LogP contribution in [0.4, 0.5) is 0 Å². The van der Waals surface area contributed by atoms with Crippen LogP contribution >= 0.6 is 0 Å². The number of ether oxygens (including phenoxy) is 1. The maximum atomic E-state index is 8.70. The third-order valence-corrected chi connectivity index (χ3v) is 2.40. The first-order chi connectivity index (χ1) is 4.67. The van der Waals surface area contributed by atoms with Gasteiger partial charge in [-0.2, -0.15) is 0 Å². The fourth-order valence-electron chi connectivity index (χ4n) is 1.58. The third kappa shape index (κ3) is 1.50. The average molecular weight is 144 g/mol. The van der Waals surface area contributed by atoms with Gasteiger partial charge in [-0.25, -0.2) is 0 Å². The maximum absolute atomic E-state index is 8.70. The molecule has 60 valence electrons. The van der Waals surface area contributed by atoms with Gasteiger partial charge in [-0.1, -0.05) is 0 Å². The molecule has 0 amide bonds. The minimum atomic E-state index is 0.00271. The van der Waals surface area contributed by atoms with Gasteiger partial charge >= 0.3 is 0 Å². The number of rotatable bonds is 2. The molecule has 1 unspecified atom stereocenters. The van der Waals surface area contributed by atoms with Crippen LogP contribution in [0.5, 0.6) is 0 Å². The van der Waals surface area contributed by atoms with Crippen molar-refractivity contribution in [2.45, 2.75) is 32.3 Å². The smallest absolute Gasteiger partial charge is 0.0656 e. The van der Waals surface area contributed by atoms with Gasteiger partial charge in [-0.15, -0.1) is 0 Å². The first-order valence-corrected chi connectivity index (χ1v) is 3.91. The van der Waals surface area contributed by atoms with Crippen molar-refractivity contribution < 1.29 is 9.84 Å². The Labute approximate surface area is 62.2 Å². The lowest BCUT2D eigenvalue weighted by Gasteiger charge is -2.24. The Morgan fingerprint density at radius 2 is 2.30 bits per heavy atom. The van der Waals surface area contributed by atoms with Gasteiger partial charge in [0.25, 0.3) is 0 Å². The minimum absolute atomic E-state index is 0.00271. The first-order valence-electron chi connectivity index (χ1n) is 3.91. The molecule has 0 radical (unpaired) electrons. The zero-order chi connectivity index (χ0) is 7.61. The van der Waals surface area contributed by atoms with Gasteiger partial charge in [0.15, 0.2) is 0 Å². The van der Waals surface area contributed by atoms with Crippen LogP contribution in [0.15, 0.2) is 0 Å². The Morgan fingerprint density at radius 1 is 1.60 bits per heavy atom. The Bertz CT molecular complexity index is 110. The van der Waals surface area contributed by atoms with E-state index >= 15 is 0 Å². The van der Waals surface area contributed by atoms with E-state index in [2.05, 4.69) is 13.8 Å². The molecule has 0 aliphatic carbocycles. The standard InChI is InChI=1S/C8H16O2/c1-8(2)7(3-5-9)4-6-10-8/h7,9H,3-6H2,1-2H3. The largest absolute Gasteiger partial charge is 0.396 e. The van der Waals surface area contributed by atoms with E-state index < -0.39 is 0 Å². The second kappa shape index (κ2) is 2.89. The van der Waals surface area contributed by atoms with Crippen LogP contribution in [0.2, 0.25) is 0 Å². The van der Waals surface area contributed by atoms with E-state index in [4.69, 9.17) is 9.84 Å². The van der Waals surface area contributed by atoms with Crippen LogP contribution < -0.4 is 0 Å². The highest BCUT2D eigenvalue weighted by atomic mass is 16.5. The van der Waals surface area contributed by atoms with E-state index in [1.54, 1.807) is 0 Å². The summed E-state index contributed by atoms with van der Waals surface area (Å²) in [5, 5.41) is 8.70. The normalized spacial score (nSPS) is 30.9. The molecule has 2 heteroatoms. The highest BCUT2D eigenvalue weighted by molar-refractivity contribution is 4.84. The van der Waals surface area contributed by atoms with Gasteiger partial charge in [0.05, 0.1) is 5.60 Å². The Hall–Kier alpha value is -0.0800. The zero-order valence-electron chi connectivity index (χ0n) is 6.76. The van der Waals surface area contributed by atoms with Crippen molar-refractivity contribution >= 4 is 0 Å². The quantitative estimate of drug-likeness (QED) is 0.630. The predicted molar refractivity (Wildman–Crippen MR) is 39.8 cm³/mol. The van der Waals surface area contributed by atoms with Crippen LogP contribution in [-0.2, 0) is 4.74 Å². The van der Waals surface area contributed by atoms with Crippen molar-refractivity contribution in [1.29, 1.82) is 0 Å². The first kappa shape index (κ1) is 8.02. The van der Waals surface area contributed by atoms with E-state index in [1.165, 1.54) is 0 Å². The molecule has 1 rings (SSSR count). The molecular formula is C8H16O2. The third-order valence-electron chi connectivity index (χ3n) is 2.40. The average Bonchev–Trinajstić information content (AvgIpc) is 2.13. The molecule has 0 aromatic carbocycles. The summed E-state index contributed by atoms with van der Waals surface area (Å²) in [5.41, 5.74) is 0.00271. The van der Waals surface area contributed by atoms with Crippen molar-refractivity contribution in [3.63, 3.8) is 0 Å². The highest BCUT2D eigenvalue weighted by Gasteiger charge is 2.34. The molecule has 1 fully saturated rings. The maximum Gasteiger partial charge on any atom is 0.0656 e. The Kier molecular flexibility index (Phi) is 2.32. The summed E-state index contributed by atoms with van der Waals surface area (Å²) in [6.45, 7) is 5.34. The summed E-state index contributed by atoms with van der Waals surface area (Å²) in [6, 6.07) is 0. The Morgan fingerprint density at radius 3 is 2.70 bits per heavy atom. The fraction of sp³-hybridized carbons (Fsp3) is 1.00. The molecule has 1 atom stereocenters. The predicted octanol–water partition coefficient (Wildman–Crippen LogP) is 1.18. The summed E-state index contributed by atoms with van der Waals surface area (Å²) in [6.07, 6.45) is 1.99. The van der Waals surface area contributed by atoms with Gasteiger partial charge in [-0.3, -0.25) is 0 Å². The molecule has 0 aromatic heterocycles. The molecule has 1 N–H and O–H groups in total. The van der Waals surface area contributed by atoms with Gasteiger partial charge in [0, 0.05) is 13.2 Å². The molecule has 1 aliphatic rings. The monoisotopic (exact) mass is 144 g/mol. The summed E-state index contributed by atoms with van der Waals surface area (Å²) in [7, 11) is 0. The molecule has 0 spiro atoms. The van der Waals surface area contributed by atoms with E-state index in [1.807, 2.05) is 0 Å². The highest BCUT2D eigenvalue weighted by Crippen LogP contribution is 2.33. The molecule has 1 saturated heterocycles. The number of hydrogen-bond acceptors (Lipinski definition) is 2. The fourth-order valence-corrected chi connectivity index (χ4v) is 1.58. The second-order valence-corrected chi connectivity index (χ2v) is 3.45. The zero-order valence-corrected chi connectivity index (χ0v) is 6.76. The van der Waals surface area contributed by atoms with Crippen molar-refractivity contribution in [2.75, 3.05) is 13.2 Å². The lowest BCUT2D eigenvalue weighted by molar-refractivity contribution is 0.00559. The summed E-state index contributed by atoms with van der Waals surface area (Å²) in [5.74, 6) is 0.553. The lowest BCUT2D eigenvalue weighted by atomic mass is 9.88. The van der Waals surface area contributed by atoms with Gasteiger partial charge in [0.1, 0.15) is 0 Å². The van der Waals surface area contributed by atoms with Gasteiger partial charge in [0.2, 0.25) is 0 Å². The molecule has 2 nitrogen and oxygen atoms in total. The van der Waals surface area contributed by atoms with Crippen molar-refractivity contribution in [3.05, 3.63) is 0 Å². The number of aliphatic hydroxyl groups is 1. The minimum Gasteiger partial charge on any atom is -0.396 e. The van der Waals surface area contributed by atoms with Crippen molar-refractivity contribution in [2.24, 2.45) is 5.92 Å². The van der Waals surface area contributed by atoms with E-state index in [-0.39, 0.29) is 12.2 Å². The molecular weight excluding hydrogens is 128 g/mol. The van der Waals surface area contributed by atoms with Crippen molar-refractivity contribution in [3.8, 4) is 0 Å². The molecule has 0 saturated carbocycles. The topological polar surface area (TPSA) is 29.5 Å². The summed E-state index contributed by atoms with van der Waals surface area (Å²) >= 11 is 0. The Balaban J connectivity index is 2.43. The van der Waals surface area contributed by atoms with Crippen LogP contribution in [0.25, 0.3) is 0 Å². The molecule has 10 heavy (non-hydrogen) atoms. The molecule has 1 heterocycles. The molecule has 0 aromatic rings. The molecule has 0 bridgehead atoms. The summed E-state index contributed by atoms with van der Waals surface area (Å²) < 4.78 is 5.49. The van der Waals surface area contributed by atoms with Crippen LogP contribution in [0.3, 0.4) is 0 Å². The van der Waals surface area contributed by atoms with E-state index in [0.29, 0.717) is 5.92 Å². The number of aliphatic hydroxyl groups excluding tert-OH is 1. The summed E-state index contributed by atoms with van der Waals surface area (Å²) in [4.78, 5) is 0. The van der Waals surface area contributed by atoms with Gasteiger partial charge in [-0.05, 0) is 32.6 Å². The van der Waals surface area contributed by atoms with Crippen molar-refractivity contribution in [1.82, 2.24) is 0 Å². The molecule has 1 aliphatic heterocycles.